The van der Waals surface area contributed by atoms with Gasteiger partial charge in [0.15, 0.2) is 0 Å². The van der Waals surface area contributed by atoms with Crippen molar-refractivity contribution in [2.45, 2.75) is 25.5 Å². The van der Waals surface area contributed by atoms with E-state index in [0.29, 0.717) is 37.8 Å². The van der Waals surface area contributed by atoms with E-state index in [1.54, 1.807) is 6.20 Å². The summed E-state index contributed by atoms with van der Waals surface area (Å²) in [7, 11) is 0. The van der Waals surface area contributed by atoms with Gasteiger partial charge in [-0.1, -0.05) is 12.1 Å². The molecular formula is C22H28N4O4. The average Bonchev–Trinajstić information content (AvgIpc) is 3.31. The summed E-state index contributed by atoms with van der Waals surface area (Å²) in [5.41, 5.74) is 1.65. The summed E-state index contributed by atoms with van der Waals surface area (Å²) < 4.78 is 16.8. The van der Waals surface area contributed by atoms with E-state index in [9.17, 15) is 4.79 Å². The average molecular weight is 412 g/mol. The maximum Gasteiger partial charge on any atom is 0.319 e. The summed E-state index contributed by atoms with van der Waals surface area (Å²) >= 11 is 0. The molecule has 1 unspecified atom stereocenters. The molecule has 160 valence electrons. The Bertz CT molecular complexity index is 835. The topological polar surface area (TPSA) is 85.0 Å². The fourth-order valence-corrected chi connectivity index (χ4v) is 3.61. The van der Waals surface area contributed by atoms with Gasteiger partial charge in [0.05, 0.1) is 19.3 Å². The lowest BCUT2D eigenvalue weighted by Gasteiger charge is -2.29. The van der Waals surface area contributed by atoms with E-state index in [4.69, 9.17) is 14.2 Å². The number of amides is 2. The number of morpholine rings is 1. The number of pyridine rings is 1. The van der Waals surface area contributed by atoms with E-state index in [1.165, 1.54) is 0 Å². The number of hydrogen-bond acceptors (Lipinski definition) is 6. The number of nitrogens with zero attached hydrogens (tertiary/aromatic N) is 2. The minimum Gasteiger partial charge on any atom is -0.491 e. The highest BCUT2D eigenvalue weighted by Crippen LogP contribution is 2.20. The fourth-order valence-electron chi connectivity index (χ4n) is 3.61. The predicted octanol–water partition coefficient (Wildman–Crippen LogP) is 2.80. The maximum absolute atomic E-state index is 12.4. The number of nitrogens with one attached hydrogen (secondary N) is 2. The van der Waals surface area contributed by atoms with E-state index in [1.807, 2.05) is 36.4 Å². The Hall–Kier alpha value is -2.84. The van der Waals surface area contributed by atoms with Gasteiger partial charge in [-0.2, -0.15) is 0 Å². The molecule has 2 aromatic rings. The molecule has 3 heterocycles. The number of ether oxygens (including phenoxy) is 3. The monoisotopic (exact) mass is 412 g/mol. The third kappa shape index (κ3) is 5.61. The first-order valence-corrected chi connectivity index (χ1v) is 10.4. The number of anilines is 2. The van der Waals surface area contributed by atoms with E-state index < -0.39 is 0 Å². The highest BCUT2D eigenvalue weighted by Gasteiger charge is 2.17. The molecule has 0 aliphatic carbocycles. The van der Waals surface area contributed by atoms with Crippen molar-refractivity contribution in [3.05, 3.63) is 48.2 Å². The van der Waals surface area contributed by atoms with Gasteiger partial charge in [0.2, 0.25) is 0 Å². The molecule has 2 aliphatic heterocycles. The first-order chi connectivity index (χ1) is 14.8. The molecule has 30 heavy (non-hydrogen) atoms. The lowest BCUT2D eigenvalue weighted by Crippen LogP contribution is -2.38. The molecule has 1 atom stereocenters. The number of urea groups is 1. The smallest absolute Gasteiger partial charge is 0.319 e. The molecule has 2 N–H and O–H groups in total. The van der Waals surface area contributed by atoms with E-state index >= 15 is 0 Å². The molecule has 1 aromatic carbocycles. The van der Waals surface area contributed by atoms with Gasteiger partial charge in [-0.15, -0.1) is 0 Å². The molecule has 2 fully saturated rings. The van der Waals surface area contributed by atoms with Gasteiger partial charge in [-0.3, -0.25) is 0 Å². The van der Waals surface area contributed by atoms with Crippen molar-refractivity contribution in [3.8, 4) is 5.75 Å². The second kappa shape index (κ2) is 10.3. The number of carbonyl (C=O) groups excluding carboxylic acids is 1. The number of aromatic nitrogens is 1. The molecule has 8 heteroatoms. The predicted molar refractivity (Wildman–Crippen MR) is 114 cm³/mol. The normalized spacial score (nSPS) is 18.8. The van der Waals surface area contributed by atoms with Crippen molar-refractivity contribution in [3.63, 3.8) is 0 Å². The first kappa shape index (κ1) is 20.4. The van der Waals surface area contributed by atoms with Gasteiger partial charge in [0.1, 0.15) is 18.2 Å². The second-order valence-electron chi connectivity index (χ2n) is 7.37. The Morgan fingerprint density at radius 1 is 1.20 bits per heavy atom. The highest BCUT2D eigenvalue weighted by molar-refractivity contribution is 5.89. The zero-order valence-corrected chi connectivity index (χ0v) is 17.0. The van der Waals surface area contributed by atoms with Gasteiger partial charge < -0.3 is 29.7 Å². The Kier molecular flexibility index (Phi) is 6.99. The first-order valence-electron chi connectivity index (χ1n) is 10.4. The van der Waals surface area contributed by atoms with Crippen LogP contribution >= 0.6 is 0 Å². The fraction of sp³-hybridized carbons (Fsp3) is 0.455. The summed E-state index contributed by atoms with van der Waals surface area (Å²) in [5, 5.41) is 5.78. The van der Waals surface area contributed by atoms with Crippen molar-refractivity contribution in [2.75, 3.05) is 49.7 Å². The molecule has 0 radical (unpaired) electrons. The third-order valence-electron chi connectivity index (χ3n) is 5.17. The van der Waals surface area contributed by atoms with Gasteiger partial charge in [-0.25, -0.2) is 9.78 Å². The second-order valence-corrected chi connectivity index (χ2v) is 7.37. The molecular weight excluding hydrogens is 384 g/mol. The van der Waals surface area contributed by atoms with E-state index in [2.05, 4.69) is 20.5 Å². The Labute approximate surface area is 176 Å². The standard InChI is InChI=1S/C22H28N4O4/c27-22(24-15-17-4-2-8-23-21(17)26-9-12-28-13-10-26)25-18-5-1-6-19(14-18)30-16-20-7-3-11-29-20/h1-2,4-6,8,14,20H,3,7,9-13,15-16H2,(H2,24,25,27). The third-order valence-corrected chi connectivity index (χ3v) is 5.17. The molecule has 0 bridgehead atoms. The van der Waals surface area contributed by atoms with Crippen LogP contribution in [-0.2, 0) is 16.0 Å². The van der Waals surface area contributed by atoms with Crippen LogP contribution in [0.2, 0.25) is 0 Å². The molecule has 1 aromatic heterocycles. The zero-order chi connectivity index (χ0) is 20.6. The largest absolute Gasteiger partial charge is 0.491 e. The number of hydrogen-bond donors (Lipinski definition) is 2. The van der Waals surface area contributed by atoms with Crippen LogP contribution in [0.25, 0.3) is 0 Å². The van der Waals surface area contributed by atoms with Gasteiger partial charge in [0.25, 0.3) is 0 Å². The summed E-state index contributed by atoms with van der Waals surface area (Å²) in [6.07, 6.45) is 4.04. The Balaban J connectivity index is 1.29. The summed E-state index contributed by atoms with van der Waals surface area (Å²) in [5.74, 6) is 1.61. The van der Waals surface area contributed by atoms with Crippen LogP contribution in [0.4, 0.5) is 16.3 Å². The highest BCUT2D eigenvalue weighted by atomic mass is 16.5. The molecule has 8 nitrogen and oxygen atoms in total. The zero-order valence-electron chi connectivity index (χ0n) is 17.0. The summed E-state index contributed by atoms with van der Waals surface area (Å²) in [6.45, 7) is 4.71. The number of rotatable bonds is 7. The number of benzene rings is 1. The minimum absolute atomic E-state index is 0.157. The van der Waals surface area contributed by atoms with Gasteiger partial charge in [-0.05, 0) is 31.0 Å². The van der Waals surface area contributed by atoms with Crippen molar-refractivity contribution in [2.24, 2.45) is 0 Å². The molecule has 0 saturated carbocycles. The van der Waals surface area contributed by atoms with Crippen LogP contribution < -0.4 is 20.3 Å². The van der Waals surface area contributed by atoms with Crippen molar-refractivity contribution >= 4 is 17.5 Å². The summed E-state index contributed by atoms with van der Waals surface area (Å²) in [4.78, 5) is 19.1. The number of carbonyl (C=O) groups is 1. The van der Waals surface area contributed by atoms with Gasteiger partial charge in [0, 0.05) is 49.8 Å². The van der Waals surface area contributed by atoms with Crippen LogP contribution in [0, 0.1) is 0 Å². The lowest BCUT2D eigenvalue weighted by molar-refractivity contribution is 0.0680. The van der Waals surface area contributed by atoms with Crippen molar-refractivity contribution < 1.29 is 19.0 Å². The van der Waals surface area contributed by atoms with Crippen LogP contribution in [0.15, 0.2) is 42.6 Å². The Morgan fingerprint density at radius 3 is 2.93 bits per heavy atom. The molecule has 2 aliphatic rings. The van der Waals surface area contributed by atoms with E-state index in [0.717, 1.165) is 43.9 Å². The van der Waals surface area contributed by atoms with Crippen molar-refractivity contribution in [1.82, 2.24) is 10.3 Å². The van der Waals surface area contributed by atoms with Crippen LogP contribution in [0.1, 0.15) is 18.4 Å². The van der Waals surface area contributed by atoms with Crippen LogP contribution in [0.5, 0.6) is 5.75 Å². The molecule has 2 saturated heterocycles. The maximum atomic E-state index is 12.4. The lowest BCUT2D eigenvalue weighted by atomic mass is 10.2. The van der Waals surface area contributed by atoms with E-state index in [-0.39, 0.29) is 12.1 Å². The summed E-state index contributed by atoms with van der Waals surface area (Å²) in [6, 6.07) is 11.0. The van der Waals surface area contributed by atoms with Crippen LogP contribution in [-0.4, -0.2) is 56.6 Å². The quantitative estimate of drug-likeness (QED) is 0.728. The molecule has 2 amide bonds. The molecule has 0 spiro atoms. The molecule has 4 rings (SSSR count). The minimum atomic E-state index is -0.275. The van der Waals surface area contributed by atoms with Crippen LogP contribution in [0.3, 0.4) is 0 Å². The SMILES string of the molecule is O=C(NCc1cccnc1N1CCOCC1)Nc1cccc(OCC2CCCO2)c1. The Morgan fingerprint density at radius 2 is 2.10 bits per heavy atom. The van der Waals surface area contributed by atoms with Gasteiger partial charge >= 0.3 is 6.03 Å². The van der Waals surface area contributed by atoms with Crippen molar-refractivity contribution in [1.29, 1.82) is 0 Å².